The number of halogens is 9. The molecule has 14 heteroatoms. The topological polar surface area (TPSA) is 54.4 Å². The summed E-state index contributed by atoms with van der Waals surface area (Å²) in [6, 6.07) is 0. The molecular weight excluding hydrogens is 339 g/mol. The second-order valence-electron chi connectivity index (χ2n) is 2.64. The fourth-order valence-corrected chi connectivity index (χ4v) is 0.975. The van der Waals surface area contributed by atoms with E-state index in [0.29, 0.717) is 0 Å². The van der Waals surface area contributed by atoms with Gasteiger partial charge in [0.1, 0.15) is 0 Å². The Hall–Kier alpha value is 0.540. The van der Waals surface area contributed by atoms with E-state index in [4.69, 9.17) is 4.55 Å². The van der Waals surface area contributed by atoms with Gasteiger partial charge in [0.25, 0.3) is 0 Å². The zero-order valence-corrected chi connectivity index (χ0v) is 7.89. The van der Waals surface area contributed by atoms with Crippen LogP contribution in [0, 0.1) is 0 Å². The SMILES string of the molecule is O=S(=O)(O)C(F)(F)C(F)(F)C(F)(F)C(F)(F)F.[CaH2]. The Morgan fingerprint density at radius 3 is 1.17 bits per heavy atom. The van der Waals surface area contributed by atoms with Gasteiger partial charge in [-0.3, -0.25) is 4.55 Å². The van der Waals surface area contributed by atoms with Crippen LogP contribution in [0.5, 0.6) is 0 Å². The van der Waals surface area contributed by atoms with Crippen molar-refractivity contribution >= 4 is 47.9 Å². The van der Waals surface area contributed by atoms with Crippen LogP contribution in [0.2, 0.25) is 0 Å². The minimum atomic E-state index is -7.37. The first-order chi connectivity index (χ1) is 7.00. The zero-order chi connectivity index (χ0) is 14.5. The van der Waals surface area contributed by atoms with E-state index >= 15 is 0 Å². The van der Waals surface area contributed by atoms with Crippen LogP contribution in [0.1, 0.15) is 0 Å². The Kier molecular flexibility index (Phi) is 5.96. The molecule has 0 fully saturated rings. The second-order valence-corrected chi connectivity index (χ2v) is 4.10. The first-order valence-electron chi connectivity index (χ1n) is 3.17. The third-order valence-electron chi connectivity index (χ3n) is 1.44. The molecular formula is C4H3CaF9O3S. The molecule has 0 saturated heterocycles. The van der Waals surface area contributed by atoms with E-state index in [1.807, 2.05) is 0 Å². The monoisotopic (exact) mass is 342 g/mol. The number of alkyl halides is 9. The Balaban J connectivity index is 0. The summed E-state index contributed by atoms with van der Waals surface area (Å²) in [6.45, 7) is 0. The maximum atomic E-state index is 12.2. The van der Waals surface area contributed by atoms with E-state index < -0.39 is 33.4 Å². The van der Waals surface area contributed by atoms with Gasteiger partial charge < -0.3 is 0 Å². The Labute approximate surface area is 123 Å². The minimum absolute atomic E-state index is 0. The van der Waals surface area contributed by atoms with Crippen molar-refractivity contribution in [2.75, 3.05) is 0 Å². The summed E-state index contributed by atoms with van der Waals surface area (Å²) >= 11 is 0. The Morgan fingerprint density at radius 2 is 1.00 bits per heavy atom. The maximum absolute atomic E-state index is 12.2. The van der Waals surface area contributed by atoms with Crippen molar-refractivity contribution in [1.82, 2.24) is 0 Å². The summed E-state index contributed by atoms with van der Waals surface area (Å²) in [4.78, 5) is 0. The molecule has 0 aromatic heterocycles. The number of hydrogen-bond acceptors (Lipinski definition) is 2. The van der Waals surface area contributed by atoms with E-state index in [2.05, 4.69) is 0 Å². The van der Waals surface area contributed by atoms with Crippen molar-refractivity contribution in [3.63, 3.8) is 0 Å². The fraction of sp³-hybridized carbons (Fsp3) is 1.00. The number of hydrogen-bond donors (Lipinski definition) is 1. The third-order valence-corrected chi connectivity index (χ3v) is 2.34. The fourth-order valence-electron chi connectivity index (χ4n) is 0.523. The molecule has 18 heavy (non-hydrogen) atoms. The molecule has 0 aliphatic carbocycles. The van der Waals surface area contributed by atoms with Crippen LogP contribution in [0.25, 0.3) is 0 Å². The summed E-state index contributed by atoms with van der Waals surface area (Å²) in [5.74, 6) is -14.7. The van der Waals surface area contributed by atoms with Crippen LogP contribution in [0.3, 0.4) is 0 Å². The number of rotatable bonds is 3. The predicted molar refractivity (Wildman–Crippen MR) is 41.0 cm³/mol. The second kappa shape index (κ2) is 5.14. The van der Waals surface area contributed by atoms with E-state index in [0.717, 1.165) is 0 Å². The van der Waals surface area contributed by atoms with Gasteiger partial charge in [0, 0.05) is 0 Å². The van der Waals surface area contributed by atoms with Crippen LogP contribution in [0.15, 0.2) is 0 Å². The predicted octanol–water partition coefficient (Wildman–Crippen LogP) is 1.38. The van der Waals surface area contributed by atoms with Gasteiger partial charge in [-0.2, -0.15) is 47.9 Å². The van der Waals surface area contributed by atoms with Crippen molar-refractivity contribution in [2.45, 2.75) is 23.3 Å². The Bertz CT molecular complexity index is 399. The summed E-state index contributed by atoms with van der Waals surface area (Å²) in [7, 11) is -7.17. The van der Waals surface area contributed by atoms with Crippen molar-refractivity contribution in [2.24, 2.45) is 0 Å². The Morgan fingerprint density at radius 1 is 0.722 bits per heavy atom. The summed E-state index contributed by atoms with van der Waals surface area (Å²) in [6.07, 6.45) is -7.13. The standard InChI is InChI=1S/C4HF9O3S.Ca.2H/c5-1(6,3(9,10)11)2(7,8)4(12,13)17(14,15)16;;;/h(H,14,15,16);;;. The molecule has 0 unspecified atom stereocenters. The molecule has 0 rings (SSSR count). The molecule has 0 aromatic rings. The first-order valence-corrected chi connectivity index (χ1v) is 4.61. The van der Waals surface area contributed by atoms with Gasteiger partial charge >= 0.3 is 71.1 Å². The normalized spacial score (nSPS) is 15.2. The van der Waals surface area contributed by atoms with Gasteiger partial charge in [-0.15, -0.1) is 0 Å². The van der Waals surface area contributed by atoms with Crippen LogP contribution in [0.4, 0.5) is 39.5 Å². The van der Waals surface area contributed by atoms with Gasteiger partial charge in [-0.25, -0.2) is 0 Å². The molecule has 0 aliphatic heterocycles. The van der Waals surface area contributed by atoms with E-state index in [9.17, 15) is 47.9 Å². The van der Waals surface area contributed by atoms with Crippen molar-refractivity contribution in [1.29, 1.82) is 0 Å². The molecule has 0 bridgehead atoms. The van der Waals surface area contributed by atoms with Gasteiger partial charge in [0.05, 0.1) is 0 Å². The summed E-state index contributed by atoms with van der Waals surface area (Å²) in [5, 5.41) is -7.00. The molecule has 1 N–H and O–H groups in total. The average Bonchev–Trinajstić information content (AvgIpc) is 1.98. The summed E-state index contributed by atoms with van der Waals surface area (Å²) in [5.41, 5.74) is 0. The third kappa shape index (κ3) is 2.99. The molecule has 0 amide bonds. The van der Waals surface area contributed by atoms with Gasteiger partial charge in [-0.05, 0) is 0 Å². The van der Waals surface area contributed by atoms with E-state index in [-0.39, 0.29) is 37.7 Å². The molecule has 0 heterocycles. The van der Waals surface area contributed by atoms with Crippen LogP contribution in [-0.2, 0) is 10.1 Å². The van der Waals surface area contributed by atoms with Crippen molar-refractivity contribution < 1.29 is 52.5 Å². The van der Waals surface area contributed by atoms with Gasteiger partial charge in [0.15, 0.2) is 0 Å². The van der Waals surface area contributed by atoms with Crippen LogP contribution < -0.4 is 0 Å². The molecule has 0 aliphatic rings. The van der Waals surface area contributed by atoms with Crippen molar-refractivity contribution in [3.8, 4) is 0 Å². The molecule has 0 atom stereocenters. The molecule has 0 saturated carbocycles. The molecule has 0 aromatic carbocycles. The molecule has 3 nitrogen and oxygen atoms in total. The van der Waals surface area contributed by atoms with Crippen molar-refractivity contribution in [3.05, 3.63) is 0 Å². The quantitative estimate of drug-likeness (QED) is 0.479. The van der Waals surface area contributed by atoms with E-state index in [1.54, 1.807) is 0 Å². The summed E-state index contributed by atoms with van der Waals surface area (Å²) < 4.78 is 134. The zero-order valence-electron chi connectivity index (χ0n) is 7.07. The average molecular weight is 342 g/mol. The van der Waals surface area contributed by atoms with Gasteiger partial charge in [0.2, 0.25) is 0 Å². The van der Waals surface area contributed by atoms with Crippen LogP contribution >= 0.6 is 0 Å². The van der Waals surface area contributed by atoms with Crippen LogP contribution in [-0.4, -0.2) is 74.0 Å². The van der Waals surface area contributed by atoms with E-state index in [1.165, 1.54) is 0 Å². The first kappa shape index (κ1) is 20.8. The molecule has 108 valence electrons. The van der Waals surface area contributed by atoms with Gasteiger partial charge in [-0.1, -0.05) is 0 Å². The molecule has 0 spiro atoms. The molecule has 0 radical (unpaired) electrons.